The van der Waals surface area contributed by atoms with E-state index in [4.69, 9.17) is 19.8 Å². The van der Waals surface area contributed by atoms with Crippen molar-refractivity contribution < 1.29 is 54.7 Å². The van der Waals surface area contributed by atoms with Gasteiger partial charge < -0.3 is 29.7 Å². The monoisotopic (exact) mass is 364 g/mol. The predicted molar refractivity (Wildman–Crippen MR) is 52.0 cm³/mol. The first-order valence-electron chi connectivity index (χ1n) is 4.71. The molecular weight excluding hydrogens is 351 g/mol. The maximum Gasteiger partial charge on any atom is 2.00 e. The number of nitrogens with zero attached hydrogens (tertiary/aromatic N) is 2. The summed E-state index contributed by atoms with van der Waals surface area (Å²) in [5, 5.41) is 27.8. The summed E-state index contributed by atoms with van der Waals surface area (Å²) in [5.41, 5.74) is 0. The maximum atomic E-state index is 10.0. The predicted octanol–water partition coefficient (Wildman–Crippen LogP) is -4.43. The third kappa shape index (κ3) is 26.1. The number of carbonyl (C=O) groups is 3. The minimum absolute atomic E-state index is 0. The molecule has 0 spiro atoms. The van der Waals surface area contributed by atoms with Crippen LogP contribution in [0.4, 0.5) is 0 Å². The molecule has 0 aliphatic rings. The number of imidazole rings is 1. The molecule has 8 nitrogen and oxygen atoms in total. The third-order valence-corrected chi connectivity index (χ3v) is 1.14. The van der Waals surface area contributed by atoms with E-state index in [1.165, 1.54) is 4.57 Å². The number of carboxylic acids is 3. The standard InChI is InChI=1S/C6H8N2O2.2C2H4O2.Pd/c1-7-2-3-8(5-7)4-6(9)10;2*1-2(3)4;/h2-3,5H,4H2,1H3;2*1H3,(H,3,4);/q;;;+2/p-2. The summed E-state index contributed by atoms with van der Waals surface area (Å²) >= 11 is 0. The van der Waals surface area contributed by atoms with Gasteiger partial charge in [-0.15, -0.1) is 0 Å². The van der Waals surface area contributed by atoms with Gasteiger partial charge in [-0.05, 0) is 13.8 Å². The Hall–Kier alpha value is -1.72. The van der Waals surface area contributed by atoms with Crippen molar-refractivity contribution in [2.45, 2.75) is 20.4 Å². The zero-order chi connectivity index (χ0) is 14.7. The zero-order valence-electron chi connectivity index (χ0n) is 10.6. The number of aromatic nitrogens is 2. The Morgan fingerprint density at radius 2 is 1.47 bits per heavy atom. The molecule has 1 rings (SSSR count). The molecular formula is C10H14N2O6Pd. The average molecular weight is 365 g/mol. The molecule has 0 aliphatic carbocycles. The van der Waals surface area contributed by atoms with Gasteiger partial charge in [-0.25, -0.2) is 9.13 Å². The van der Waals surface area contributed by atoms with Crippen molar-refractivity contribution in [3.05, 3.63) is 18.7 Å². The number of carboxylic acid groups (broad SMARTS) is 3. The van der Waals surface area contributed by atoms with Gasteiger partial charge in [-0.2, -0.15) is 0 Å². The molecule has 0 saturated heterocycles. The Bertz CT molecular complexity index is 384. The molecule has 19 heavy (non-hydrogen) atoms. The van der Waals surface area contributed by atoms with Crippen molar-refractivity contribution in [3.63, 3.8) is 0 Å². The van der Waals surface area contributed by atoms with Crippen molar-refractivity contribution in [1.82, 2.24) is 4.57 Å². The van der Waals surface area contributed by atoms with Crippen LogP contribution < -0.4 is 19.9 Å². The molecule has 110 valence electrons. The SMILES string of the molecule is CC(=O)[O-].CC(=O)[O-].C[n+]1ccn(CC(=O)[O-])c1.[Pd+2]. The third-order valence-electron chi connectivity index (χ3n) is 1.14. The summed E-state index contributed by atoms with van der Waals surface area (Å²) in [6.45, 7) is 1.86. The van der Waals surface area contributed by atoms with Crippen LogP contribution in [0.5, 0.6) is 0 Å². The zero-order valence-corrected chi connectivity index (χ0v) is 12.2. The second-order valence-electron chi connectivity index (χ2n) is 3.11. The Kier molecular flexibility index (Phi) is 15.1. The van der Waals surface area contributed by atoms with Crippen molar-refractivity contribution >= 4 is 17.9 Å². The fourth-order valence-electron chi connectivity index (χ4n) is 0.744. The largest absolute Gasteiger partial charge is 2.00 e. The van der Waals surface area contributed by atoms with Crippen molar-refractivity contribution in [2.24, 2.45) is 7.05 Å². The van der Waals surface area contributed by atoms with E-state index >= 15 is 0 Å². The van der Waals surface area contributed by atoms with Gasteiger partial charge in [0, 0.05) is 11.9 Å². The molecule has 0 aromatic carbocycles. The first-order valence-corrected chi connectivity index (χ1v) is 4.71. The Morgan fingerprint density at radius 1 is 1.11 bits per heavy atom. The van der Waals surface area contributed by atoms with Gasteiger partial charge in [0.05, 0.1) is 13.0 Å². The first kappa shape index (κ1) is 22.5. The second-order valence-corrected chi connectivity index (χ2v) is 3.11. The molecule has 0 atom stereocenters. The summed E-state index contributed by atoms with van der Waals surface area (Å²) < 4.78 is 3.30. The van der Waals surface area contributed by atoms with Crippen molar-refractivity contribution in [1.29, 1.82) is 0 Å². The molecule has 1 aromatic heterocycles. The molecule has 0 aliphatic heterocycles. The van der Waals surface area contributed by atoms with Crippen LogP contribution >= 0.6 is 0 Å². The van der Waals surface area contributed by atoms with Gasteiger partial charge in [0.25, 0.3) is 0 Å². The van der Waals surface area contributed by atoms with Gasteiger partial charge >= 0.3 is 20.4 Å². The van der Waals surface area contributed by atoms with Crippen LogP contribution in [0.15, 0.2) is 18.7 Å². The van der Waals surface area contributed by atoms with Crippen molar-refractivity contribution in [3.8, 4) is 0 Å². The van der Waals surface area contributed by atoms with Crippen molar-refractivity contribution in [2.75, 3.05) is 0 Å². The van der Waals surface area contributed by atoms with Crippen LogP contribution in [0.1, 0.15) is 13.8 Å². The van der Waals surface area contributed by atoms with E-state index in [0.29, 0.717) is 0 Å². The Morgan fingerprint density at radius 3 is 1.68 bits per heavy atom. The quantitative estimate of drug-likeness (QED) is 0.384. The van der Waals surface area contributed by atoms with E-state index in [9.17, 15) is 9.90 Å². The van der Waals surface area contributed by atoms with Gasteiger partial charge in [0.1, 0.15) is 18.9 Å². The fraction of sp³-hybridized carbons (Fsp3) is 0.400. The van der Waals surface area contributed by atoms with Gasteiger partial charge in [0.2, 0.25) is 6.33 Å². The molecule has 0 N–H and O–H groups in total. The van der Waals surface area contributed by atoms with E-state index in [-0.39, 0.29) is 27.0 Å². The summed E-state index contributed by atoms with van der Waals surface area (Å²) in [4.78, 5) is 27.8. The van der Waals surface area contributed by atoms with Crippen LogP contribution in [-0.4, -0.2) is 22.5 Å². The number of hydrogen-bond donors (Lipinski definition) is 0. The summed E-state index contributed by atoms with van der Waals surface area (Å²) in [6, 6.07) is 0. The molecule has 0 amide bonds. The molecule has 0 bridgehead atoms. The number of aryl methyl sites for hydroxylation is 1. The maximum absolute atomic E-state index is 10.0. The van der Waals surface area contributed by atoms with Crippen LogP contribution in [-0.2, 0) is 48.4 Å². The van der Waals surface area contributed by atoms with Crippen LogP contribution in [0.25, 0.3) is 0 Å². The van der Waals surface area contributed by atoms with E-state index in [0.717, 1.165) is 13.8 Å². The minimum Gasteiger partial charge on any atom is -0.550 e. The molecule has 0 saturated carbocycles. The van der Waals surface area contributed by atoms with Gasteiger partial charge in [-0.1, -0.05) is 0 Å². The normalized spacial score (nSPS) is 7.74. The molecule has 0 fully saturated rings. The van der Waals surface area contributed by atoms with Crippen LogP contribution in [0.2, 0.25) is 0 Å². The number of rotatable bonds is 2. The summed E-state index contributed by atoms with van der Waals surface area (Å²) in [7, 11) is 1.83. The minimum atomic E-state index is -1.08. The Balaban J connectivity index is -0.000000242. The second kappa shape index (κ2) is 12.7. The Labute approximate surface area is 123 Å². The molecule has 1 aromatic rings. The number of carbonyl (C=O) groups excluding carboxylic acids is 3. The molecule has 0 radical (unpaired) electrons. The first-order chi connectivity index (χ1) is 8.15. The smallest absolute Gasteiger partial charge is 0.550 e. The number of hydrogen-bond acceptors (Lipinski definition) is 6. The van der Waals surface area contributed by atoms with Gasteiger partial charge in [-0.3, -0.25) is 0 Å². The van der Waals surface area contributed by atoms with Gasteiger partial charge in [0.15, 0.2) is 0 Å². The van der Waals surface area contributed by atoms with Crippen LogP contribution in [0.3, 0.4) is 0 Å². The van der Waals surface area contributed by atoms with E-state index in [1.807, 2.05) is 7.05 Å². The summed E-state index contributed by atoms with van der Waals surface area (Å²) in [5.74, 6) is -3.24. The van der Waals surface area contributed by atoms with E-state index in [1.54, 1.807) is 23.3 Å². The topological polar surface area (TPSA) is 129 Å². The van der Waals surface area contributed by atoms with E-state index < -0.39 is 17.9 Å². The van der Waals surface area contributed by atoms with E-state index in [2.05, 4.69) is 0 Å². The summed E-state index contributed by atoms with van der Waals surface area (Å²) in [6.07, 6.45) is 5.12. The molecule has 1 heterocycles. The van der Waals surface area contributed by atoms with Crippen LogP contribution in [0, 0.1) is 0 Å². The molecule has 0 unspecified atom stereocenters. The fourth-order valence-corrected chi connectivity index (χ4v) is 0.744. The average Bonchev–Trinajstić information content (AvgIpc) is 2.47. The number of aliphatic carboxylic acids is 3. The molecule has 9 heteroatoms.